The lowest BCUT2D eigenvalue weighted by Crippen LogP contribution is -2.24. The Kier molecular flexibility index (Phi) is 4.06. The van der Waals surface area contributed by atoms with Gasteiger partial charge in [0.2, 0.25) is 17.2 Å². The van der Waals surface area contributed by atoms with Gasteiger partial charge in [0.1, 0.15) is 6.33 Å². The third kappa shape index (κ3) is 2.93. The number of imidazole rings is 1. The Labute approximate surface area is 109 Å². The molecule has 0 aromatic carbocycles. The Morgan fingerprint density at radius 3 is 2.89 bits per heavy atom. The maximum Gasteiger partial charge on any atom is 0.241 e. The highest BCUT2D eigenvalue weighted by molar-refractivity contribution is 6.28. The van der Waals surface area contributed by atoms with Crippen molar-refractivity contribution >= 4 is 17.5 Å². The van der Waals surface area contributed by atoms with Crippen LogP contribution in [0.15, 0.2) is 18.7 Å². The van der Waals surface area contributed by atoms with Crippen LogP contribution in [0.3, 0.4) is 0 Å². The van der Waals surface area contributed by atoms with Crippen LogP contribution in [0, 0.1) is 0 Å². The first-order valence-corrected chi connectivity index (χ1v) is 5.88. The van der Waals surface area contributed by atoms with Gasteiger partial charge in [-0.05, 0) is 18.0 Å². The second-order valence-corrected chi connectivity index (χ2v) is 3.97. The lowest BCUT2D eigenvalue weighted by Gasteiger charge is -2.14. The van der Waals surface area contributed by atoms with Crippen molar-refractivity contribution in [3.63, 3.8) is 0 Å². The lowest BCUT2D eigenvalue weighted by molar-refractivity contribution is 0.271. The number of hydrogen-bond acceptors (Lipinski definition) is 6. The van der Waals surface area contributed by atoms with Crippen LogP contribution in [0.1, 0.15) is 13.3 Å². The number of hydrogen-bond donors (Lipinski definition) is 2. The van der Waals surface area contributed by atoms with E-state index in [1.54, 1.807) is 23.3 Å². The highest BCUT2D eigenvalue weighted by Gasteiger charge is 2.10. The molecule has 0 aliphatic rings. The molecule has 1 atom stereocenters. The van der Waals surface area contributed by atoms with Crippen LogP contribution in [-0.4, -0.2) is 42.3 Å². The summed E-state index contributed by atoms with van der Waals surface area (Å²) in [5.74, 6) is 0.711. The molecular formula is C10H13ClN6O. The molecule has 1 unspecified atom stereocenters. The van der Waals surface area contributed by atoms with Gasteiger partial charge in [-0.1, -0.05) is 6.92 Å². The van der Waals surface area contributed by atoms with Gasteiger partial charge in [-0.2, -0.15) is 15.0 Å². The van der Waals surface area contributed by atoms with Gasteiger partial charge in [-0.15, -0.1) is 0 Å². The van der Waals surface area contributed by atoms with Crippen LogP contribution < -0.4 is 5.32 Å². The predicted octanol–water partition coefficient (Wildman–Crippen LogP) is 0.893. The number of anilines is 1. The van der Waals surface area contributed by atoms with Crippen LogP contribution in [0.5, 0.6) is 0 Å². The SMILES string of the molecule is CCC(CO)Nc1nc(Cl)nc(-n2ccnc2)n1. The van der Waals surface area contributed by atoms with Gasteiger partial charge in [-0.25, -0.2) is 4.98 Å². The monoisotopic (exact) mass is 268 g/mol. The van der Waals surface area contributed by atoms with Crippen LogP contribution in [-0.2, 0) is 0 Å². The van der Waals surface area contributed by atoms with E-state index in [4.69, 9.17) is 16.7 Å². The summed E-state index contributed by atoms with van der Waals surface area (Å²) in [7, 11) is 0. The number of halogens is 1. The third-order valence-electron chi connectivity index (χ3n) is 2.38. The first kappa shape index (κ1) is 12.7. The lowest BCUT2D eigenvalue weighted by atomic mass is 10.2. The summed E-state index contributed by atoms with van der Waals surface area (Å²) in [6.07, 6.45) is 5.64. The summed E-state index contributed by atoms with van der Waals surface area (Å²) in [6, 6.07) is -0.112. The summed E-state index contributed by atoms with van der Waals surface area (Å²) in [6.45, 7) is 1.95. The molecule has 7 nitrogen and oxygen atoms in total. The van der Waals surface area contributed by atoms with Gasteiger partial charge in [0, 0.05) is 12.4 Å². The average molecular weight is 269 g/mol. The molecule has 0 radical (unpaired) electrons. The summed E-state index contributed by atoms with van der Waals surface area (Å²) >= 11 is 5.84. The molecule has 0 bridgehead atoms. The van der Waals surface area contributed by atoms with E-state index >= 15 is 0 Å². The van der Waals surface area contributed by atoms with Gasteiger partial charge in [0.25, 0.3) is 0 Å². The van der Waals surface area contributed by atoms with Gasteiger partial charge in [0.15, 0.2) is 0 Å². The van der Waals surface area contributed by atoms with Gasteiger partial charge in [-0.3, -0.25) is 4.57 Å². The average Bonchev–Trinajstić information content (AvgIpc) is 2.89. The molecule has 2 N–H and O–H groups in total. The van der Waals surface area contributed by atoms with Crippen molar-refractivity contribution in [2.24, 2.45) is 0 Å². The van der Waals surface area contributed by atoms with E-state index in [1.807, 2.05) is 6.92 Å². The summed E-state index contributed by atoms with van der Waals surface area (Å²) in [4.78, 5) is 16.1. The topological polar surface area (TPSA) is 88.8 Å². The smallest absolute Gasteiger partial charge is 0.241 e. The largest absolute Gasteiger partial charge is 0.394 e. The van der Waals surface area contributed by atoms with Crippen molar-refractivity contribution < 1.29 is 5.11 Å². The van der Waals surface area contributed by atoms with Gasteiger partial charge >= 0.3 is 0 Å². The summed E-state index contributed by atoms with van der Waals surface area (Å²) in [5, 5.41) is 12.2. The number of aliphatic hydroxyl groups excluding tert-OH is 1. The molecule has 0 aliphatic heterocycles. The first-order valence-electron chi connectivity index (χ1n) is 5.50. The fourth-order valence-corrected chi connectivity index (χ4v) is 1.51. The second kappa shape index (κ2) is 5.74. The highest BCUT2D eigenvalue weighted by atomic mass is 35.5. The molecule has 0 saturated carbocycles. The summed E-state index contributed by atoms with van der Waals surface area (Å²) < 4.78 is 1.62. The van der Waals surface area contributed by atoms with E-state index in [2.05, 4.69) is 25.3 Å². The van der Waals surface area contributed by atoms with E-state index in [-0.39, 0.29) is 17.9 Å². The number of rotatable bonds is 5. The Bertz CT molecular complexity index is 499. The molecule has 2 aromatic heterocycles. The molecule has 2 rings (SSSR count). The van der Waals surface area contributed by atoms with E-state index in [0.717, 1.165) is 6.42 Å². The fraction of sp³-hybridized carbons (Fsp3) is 0.400. The quantitative estimate of drug-likeness (QED) is 0.837. The van der Waals surface area contributed by atoms with Crippen molar-refractivity contribution in [1.29, 1.82) is 0 Å². The standard InChI is InChI=1S/C10H13ClN6O/c1-2-7(5-18)13-9-14-8(11)15-10(16-9)17-4-3-12-6-17/h3-4,6-7,18H,2,5H2,1H3,(H,13,14,15,16). The van der Waals surface area contributed by atoms with Crippen molar-refractivity contribution in [2.45, 2.75) is 19.4 Å². The van der Waals surface area contributed by atoms with E-state index in [9.17, 15) is 0 Å². The van der Waals surface area contributed by atoms with Gasteiger partial charge < -0.3 is 10.4 Å². The Morgan fingerprint density at radius 2 is 2.28 bits per heavy atom. The van der Waals surface area contributed by atoms with Crippen LogP contribution in [0.4, 0.5) is 5.95 Å². The number of nitrogens with one attached hydrogen (secondary N) is 1. The maximum absolute atomic E-state index is 9.13. The molecule has 2 aromatic rings. The minimum Gasteiger partial charge on any atom is -0.394 e. The molecule has 0 fully saturated rings. The number of aromatic nitrogens is 5. The predicted molar refractivity (Wildman–Crippen MR) is 66.7 cm³/mol. The molecule has 0 amide bonds. The molecule has 8 heteroatoms. The highest BCUT2D eigenvalue weighted by Crippen LogP contribution is 2.10. The molecule has 2 heterocycles. The number of nitrogens with zero attached hydrogens (tertiary/aromatic N) is 5. The van der Waals surface area contributed by atoms with Crippen LogP contribution in [0.25, 0.3) is 5.95 Å². The van der Waals surface area contributed by atoms with Crippen molar-refractivity contribution in [3.8, 4) is 5.95 Å². The van der Waals surface area contributed by atoms with E-state index < -0.39 is 0 Å². The Morgan fingerprint density at radius 1 is 1.44 bits per heavy atom. The molecule has 0 spiro atoms. The normalized spacial score (nSPS) is 12.4. The summed E-state index contributed by atoms with van der Waals surface area (Å²) in [5.41, 5.74) is 0. The van der Waals surface area contributed by atoms with Crippen molar-refractivity contribution in [3.05, 3.63) is 24.0 Å². The van der Waals surface area contributed by atoms with Crippen molar-refractivity contribution in [1.82, 2.24) is 24.5 Å². The van der Waals surface area contributed by atoms with Crippen molar-refractivity contribution in [2.75, 3.05) is 11.9 Å². The second-order valence-electron chi connectivity index (χ2n) is 3.63. The maximum atomic E-state index is 9.13. The zero-order valence-electron chi connectivity index (χ0n) is 9.78. The molecule has 96 valence electrons. The Balaban J connectivity index is 2.27. The molecular weight excluding hydrogens is 256 g/mol. The number of aliphatic hydroxyl groups is 1. The van der Waals surface area contributed by atoms with E-state index in [0.29, 0.717) is 11.9 Å². The molecule has 0 aliphatic carbocycles. The minimum absolute atomic E-state index is 0.000209. The fourth-order valence-electron chi connectivity index (χ4n) is 1.36. The van der Waals surface area contributed by atoms with E-state index in [1.165, 1.54) is 0 Å². The third-order valence-corrected chi connectivity index (χ3v) is 2.55. The zero-order chi connectivity index (χ0) is 13.0. The minimum atomic E-state index is -0.112. The Hall–Kier alpha value is -1.73. The van der Waals surface area contributed by atoms with Crippen LogP contribution in [0.2, 0.25) is 5.28 Å². The molecule has 0 saturated heterocycles. The zero-order valence-corrected chi connectivity index (χ0v) is 10.5. The molecule has 18 heavy (non-hydrogen) atoms. The van der Waals surface area contributed by atoms with Gasteiger partial charge in [0.05, 0.1) is 12.6 Å². The van der Waals surface area contributed by atoms with Crippen LogP contribution >= 0.6 is 11.6 Å². The first-order chi connectivity index (χ1) is 8.72.